The zero-order valence-electron chi connectivity index (χ0n) is 8.33. The van der Waals surface area contributed by atoms with Crippen molar-refractivity contribution in [3.63, 3.8) is 0 Å². The van der Waals surface area contributed by atoms with Crippen LogP contribution in [-0.4, -0.2) is 20.9 Å². The third-order valence-electron chi connectivity index (χ3n) is 2.02. The van der Waals surface area contributed by atoms with E-state index < -0.39 is 0 Å². The van der Waals surface area contributed by atoms with Crippen LogP contribution in [0.5, 0.6) is 0 Å². The van der Waals surface area contributed by atoms with Gasteiger partial charge in [0.15, 0.2) is 0 Å². The molecule has 0 heterocycles. The van der Waals surface area contributed by atoms with E-state index in [1.54, 1.807) is 0 Å². The SMILES string of the molecule is CCCC[Te]CCc1ccccc1. The molecule has 0 saturated heterocycles. The second-order valence-corrected chi connectivity index (χ2v) is 6.70. The Labute approximate surface area is 91.8 Å². The van der Waals surface area contributed by atoms with E-state index in [0.29, 0.717) is 20.9 Å². The van der Waals surface area contributed by atoms with Gasteiger partial charge in [0.1, 0.15) is 0 Å². The monoisotopic (exact) mass is 292 g/mol. The van der Waals surface area contributed by atoms with E-state index in [2.05, 4.69) is 37.3 Å². The molecule has 0 aliphatic carbocycles. The van der Waals surface area contributed by atoms with E-state index in [-0.39, 0.29) is 0 Å². The van der Waals surface area contributed by atoms with Gasteiger partial charge in [0.2, 0.25) is 0 Å². The van der Waals surface area contributed by atoms with E-state index >= 15 is 0 Å². The predicted octanol–water partition coefficient (Wildman–Crippen LogP) is 3.57. The molecule has 0 spiro atoms. The summed E-state index contributed by atoms with van der Waals surface area (Å²) in [6, 6.07) is 10.9. The van der Waals surface area contributed by atoms with Crippen molar-refractivity contribution in [3.8, 4) is 0 Å². The molecule has 0 radical (unpaired) electrons. The quantitative estimate of drug-likeness (QED) is 0.555. The van der Waals surface area contributed by atoms with Gasteiger partial charge in [-0.2, -0.15) is 0 Å². The van der Waals surface area contributed by atoms with E-state index in [1.807, 2.05) is 0 Å². The number of hydrogen-bond donors (Lipinski definition) is 0. The van der Waals surface area contributed by atoms with Crippen molar-refractivity contribution in [2.75, 3.05) is 0 Å². The Hall–Kier alpha value is 0.00961. The molecule has 0 amide bonds. The summed E-state index contributed by atoms with van der Waals surface area (Å²) in [5.74, 6) is 0. The molecule has 1 aromatic carbocycles. The molecule has 0 bridgehead atoms. The third kappa shape index (κ3) is 5.34. The molecule has 72 valence electrons. The zero-order valence-corrected chi connectivity index (χ0v) is 10.7. The number of rotatable bonds is 6. The average molecular weight is 290 g/mol. The number of benzene rings is 1. The maximum atomic E-state index is 2.28. The molecule has 0 fully saturated rings. The Bertz CT molecular complexity index is 206. The van der Waals surface area contributed by atoms with Crippen LogP contribution in [0.3, 0.4) is 0 Å². The molecule has 0 N–H and O–H groups in total. The molecule has 1 heteroatoms. The summed E-state index contributed by atoms with van der Waals surface area (Å²) >= 11 is 0.329. The van der Waals surface area contributed by atoms with Crippen LogP contribution in [0.15, 0.2) is 30.3 Å². The topological polar surface area (TPSA) is 0 Å². The number of aryl methyl sites for hydroxylation is 1. The van der Waals surface area contributed by atoms with Crippen LogP contribution in [0.1, 0.15) is 25.3 Å². The van der Waals surface area contributed by atoms with Crippen LogP contribution in [0.2, 0.25) is 8.94 Å². The maximum absolute atomic E-state index is 2.28. The van der Waals surface area contributed by atoms with Gasteiger partial charge in [0.25, 0.3) is 0 Å². The Morgan fingerprint density at radius 1 is 1.08 bits per heavy atom. The normalized spacial score (nSPS) is 10.2. The number of hydrogen-bond acceptors (Lipinski definition) is 0. The van der Waals surface area contributed by atoms with Crippen molar-refractivity contribution in [1.82, 2.24) is 0 Å². The standard InChI is InChI=1S/C12H18Te/c1-2-3-10-13-11-9-12-7-5-4-6-8-12/h4-8H,2-3,9-11H2,1H3. The van der Waals surface area contributed by atoms with Gasteiger partial charge in [-0.3, -0.25) is 0 Å². The molecular formula is C12H18Te. The van der Waals surface area contributed by atoms with Crippen LogP contribution in [0, 0.1) is 0 Å². The van der Waals surface area contributed by atoms with Crippen molar-refractivity contribution in [1.29, 1.82) is 0 Å². The Balaban J connectivity index is 2.07. The molecule has 0 aliphatic rings. The van der Waals surface area contributed by atoms with Gasteiger partial charge in [-0.1, -0.05) is 0 Å². The van der Waals surface area contributed by atoms with E-state index in [4.69, 9.17) is 0 Å². The van der Waals surface area contributed by atoms with Crippen molar-refractivity contribution in [2.45, 2.75) is 35.1 Å². The summed E-state index contributed by atoms with van der Waals surface area (Å²) in [6.07, 6.45) is 4.14. The molecule has 1 rings (SSSR count). The first-order chi connectivity index (χ1) is 6.43. The molecule has 0 aromatic heterocycles. The van der Waals surface area contributed by atoms with Crippen LogP contribution in [0.4, 0.5) is 0 Å². The molecule has 0 aliphatic heterocycles. The Morgan fingerprint density at radius 3 is 2.54 bits per heavy atom. The summed E-state index contributed by atoms with van der Waals surface area (Å²) in [5.41, 5.74) is 1.52. The first-order valence-electron chi connectivity index (χ1n) is 5.05. The van der Waals surface area contributed by atoms with Gasteiger partial charge in [0.05, 0.1) is 0 Å². The fourth-order valence-electron chi connectivity index (χ4n) is 1.18. The average Bonchev–Trinajstić information content (AvgIpc) is 2.19. The zero-order chi connectivity index (χ0) is 9.36. The Kier molecular flexibility index (Phi) is 6.33. The second kappa shape index (κ2) is 7.42. The molecule has 0 atom stereocenters. The molecular weight excluding hydrogens is 272 g/mol. The Morgan fingerprint density at radius 2 is 1.85 bits per heavy atom. The molecule has 13 heavy (non-hydrogen) atoms. The van der Waals surface area contributed by atoms with E-state index in [0.717, 1.165) is 0 Å². The second-order valence-electron chi connectivity index (χ2n) is 3.20. The van der Waals surface area contributed by atoms with Gasteiger partial charge in [0, 0.05) is 0 Å². The summed E-state index contributed by atoms with van der Waals surface area (Å²) < 4.78 is 3.02. The fourth-order valence-corrected chi connectivity index (χ4v) is 4.26. The van der Waals surface area contributed by atoms with Gasteiger partial charge >= 0.3 is 91.9 Å². The van der Waals surface area contributed by atoms with Crippen molar-refractivity contribution in [2.24, 2.45) is 0 Å². The third-order valence-corrected chi connectivity index (χ3v) is 5.07. The minimum absolute atomic E-state index is 0.329. The van der Waals surface area contributed by atoms with Gasteiger partial charge in [-0.15, -0.1) is 0 Å². The molecule has 0 unspecified atom stereocenters. The van der Waals surface area contributed by atoms with Crippen molar-refractivity contribution in [3.05, 3.63) is 35.9 Å². The van der Waals surface area contributed by atoms with E-state index in [1.165, 1.54) is 33.8 Å². The summed E-state index contributed by atoms with van der Waals surface area (Å²) in [7, 11) is 0. The first-order valence-corrected chi connectivity index (χ1v) is 8.34. The summed E-state index contributed by atoms with van der Waals surface area (Å²) in [6.45, 7) is 2.28. The van der Waals surface area contributed by atoms with Crippen molar-refractivity contribution < 1.29 is 0 Å². The van der Waals surface area contributed by atoms with Crippen LogP contribution in [0.25, 0.3) is 0 Å². The van der Waals surface area contributed by atoms with Crippen LogP contribution < -0.4 is 0 Å². The van der Waals surface area contributed by atoms with Gasteiger partial charge in [-0.25, -0.2) is 0 Å². The van der Waals surface area contributed by atoms with Crippen LogP contribution in [-0.2, 0) is 6.42 Å². The first kappa shape index (κ1) is 11.1. The minimum atomic E-state index is 0.329. The molecule has 0 nitrogen and oxygen atoms in total. The molecule has 0 saturated carbocycles. The fraction of sp³-hybridized carbons (Fsp3) is 0.500. The predicted molar refractivity (Wildman–Crippen MR) is 60.4 cm³/mol. The molecule has 1 aromatic rings. The van der Waals surface area contributed by atoms with Gasteiger partial charge < -0.3 is 0 Å². The number of unbranched alkanes of at least 4 members (excludes halogenated alkanes) is 1. The van der Waals surface area contributed by atoms with Gasteiger partial charge in [-0.05, 0) is 0 Å². The van der Waals surface area contributed by atoms with Crippen LogP contribution >= 0.6 is 0 Å². The van der Waals surface area contributed by atoms with E-state index in [9.17, 15) is 0 Å². The summed E-state index contributed by atoms with van der Waals surface area (Å²) in [4.78, 5) is 0. The summed E-state index contributed by atoms with van der Waals surface area (Å²) in [5, 5.41) is 0. The van der Waals surface area contributed by atoms with Crippen molar-refractivity contribution >= 4 is 20.9 Å².